The molecule has 0 aliphatic rings. The second-order valence-corrected chi connectivity index (χ2v) is 8.28. The van der Waals surface area contributed by atoms with Crippen LogP contribution in [0.5, 0.6) is 0 Å². The lowest BCUT2D eigenvalue weighted by atomic mass is 10.1. The van der Waals surface area contributed by atoms with Crippen molar-refractivity contribution in [2.75, 3.05) is 13.2 Å². The number of allylic oxidation sites excluding steroid dienone is 1. The number of hydrogen-bond donors (Lipinski definition) is 0. The first-order valence-corrected chi connectivity index (χ1v) is 12.6. The first-order valence-electron chi connectivity index (χ1n) is 12.6. The van der Waals surface area contributed by atoms with Gasteiger partial charge in [-0.3, -0.25) is 9.59 Å². The fraction of sp³-hybridized carbons (Fsp3) is 0.846. The van der Waals surface area contributed by atoms with Crippen molar-refractivity contribution < 1.29 is 19.1 Å². The molecule has 0 heterocycles. The SMILES string of the molecule is C/C=C/COC(=O)CCCCCCCCC(=O)OCCCCCCCCCCCC. The maximum Gasteiger partial charge on any atom is 0.306 e. The molecule has 0 saturated heterocycles. The zero-order valence-electron chi connectivity index (χ0n) is 19.9. The van der Waals surface area contributed by atoms with Gasteiger partial charge in [0.1, 0.15) is 6.61 Å². The number of esters is 2. The molecule has 0 atom stereocenters. The normalized spacial score (nSPS) is 11.1. The van der Waals surface area contributed by atoms with Crippen molar-refractivity contribution in [3.05, 3.63) is 12.2 Å². The summed E-state index contributed by atoms with van der Waals surface area (Å²) in [7, 11) is 0. The van der Waals surface area contributed by atoms with Gasteiger partial charge in [0.2, 0.25) is 0 Å². The molecule has 0 aliphatic heterocycles. The Morgan fingerprint density at radius 3 is 1.53 bits per heavy atom. The van der Waals surface area contributed by atoms with Gasteiger partial charge in [0, 0.05) is 12.8 Å². The summed E-state index contributed by atoms with van der Waals surface area (Å²) in [5.74, 6) is -0.159. The summed E-state index contributed by atoms with van der Waals surface area (Å²) in [6.07, 6.45) is 23.8. The molecule has 0 saturated carbocycles. The highest BCUT2D eigenvalue weighted by molar-refractivity contribution is 5.69. The molecule has 176 valence electrons. The minimum absolute atomic E-state index is 0.0465. The molecule has 0 bridgehead atoms. The lowest BCUT2D eigenvalue weighted by Gasteiger charge is -2.05. The van der Waals surface area contributed by atoms with Crippen molar-refractivity contribution in [2.45, 2.75) is 129 Å². The molecule has 0 radical (unpaired) electrons. The van der Waals surface area contributed by atoms with Gasteiger partial charge < -0.3 is 9.47 Å². The van der Waals surface area contributed by atoms with Crippen LogP contribution in [0.15, 0.2) is 12.2 Å². The number of hydrogen-bond acceptors (Lipinski definition) is 4. The van der Waals surface area contributed by atoms with E-state index in [0.717, 1.165) is 44.9 Å². The van der Waals surface area contributed by atoms with Crippen molar-refractivity contribution in [1.29, 1.82) is 0 Å². The summed E-state index contributed by atoms with van der Waals surface area (Å²) in [4.78, 5) is 23.2. The van der Waals surface area contributed by atoms with Crippen LogP contribution in [0.2, 0.25) is 0 Å². The van der Waals surface area contributed by atoms with Crippen LogP contribution in [0.25, 0.3) is 0 Å². The molecular weight excluding hydrogens is 376 g/mol. The minimum Gasteiger partial charge on any atom is -0.466 e. The summed E-state index contributed by atoms with van der Waals surface area (Å²) in [6, 6.07) is 0. The minimum atomic E-state index is -0.113. The maximum absolute atomic E-state index is 11.7. The Bertz CT molecular complexity index is 417. The zero-order chi connectivity index (χ0) is 22.1. The summed E-state index contributed by atoms with van der Waals surface area (Å²) < 4.78 is 10.4. The number of unbranched alkanes of at least 4 members (excludes halogenated alkanes) is 14. The summed E-state index contributed by atoms with van der Waals surface area (Å²) in [6.45, 7) is 5.13. The van der Waals surface area contributed by atoms with Crippen LogP contribution in [0.3, 0.4) is 0 Å². The number of ether oxygens (including phenoxy) is 2. The van der Waals surface area contributed by atoms with Crippen molar-refractivity contribution >= 4 is 11.9 Å². The van der Waals surface area contributed by atoms with E-state index in [9.17, 15) is 9.59 Å². The van der Waals surface area contributed by atoms with E-state index in [1.807, 2.05) is 19.1 Å². The van der Waals surface area contributed by atoms with Crippen molar-refractivity contribution in [3.63, 3.8) is 0 Å². The molecule has 0 aromatic heterocycles. The highest BCUT2D eigenvalue weighted by Gasteiger charge is 2.04. The van der Waals surface area contributed by atoms with Crippen LogP contribution in [0.1, 0.15) is 129 Å². The molecular formula is C26H48O4. The van der Waals surface area contributed by atoms with Crippen molar-refractivity contribution in [1.82, 2.24) is 0 Å². The lowest BCUT2D eigenvalue weighted by molar-refractivity contribution is -0.144. The first-order chi connectivity index (χ1) is 14.7. The summed E-state index contributed by atoms with van der Waals surface area (Å²) in [5, 5.41) is 0. The monoisotopic (exact) mass is 424 g/mol. The second kappa shape index (κ2) is 24.0. The molecule has 0 aliphatic carbocycles. The van der Waals surface area contributed by atoms with Crippen LogP contribution >= 0.6 is 0 Å². The molecule has 0 amide bonds. The average Bonchev–Trinajstić information content (AvgIpc) is 2.74. The van der Waals surface area contributed by atoms with E-state index < -0.39 is 0 Å². The van der Waals surface area contributed by atoms with Crippen LogP contribution in [0, 0.1) is 0 Å². The van der Waals surface area contributed by atoms with E-state index in [1.54, 1.807) is 0 Å². The van der Waals surface area contributed by atoms with Gasteiger partial charge in [-0.05, 0) is 26.2 Å². The van der Waals surface area contributed by atoms with Gasteiger partial charge in [-0.2, -0.15) is 0 Å². The molecule has 4 nitrogen and oxygen atoms in total. The number of rotatable bonds is 22. The summed E-state index contributed by atoms with van der Waals surface area (Å²) in [5.41, 5.74) is 0. The predicted molar refractivity (Wildman–Crippen MR) is 126 cm³/mol. The van der Waals surface area contributed by atoms with Gasteiger partial charge in [-0.1, -0.05) is 103 Å². The zero-order valence-corrected chi connectivity index (χ0v) is 19.9. The average molecular weight is 425 g/mol. The fourth-order valence-electron chi connectivity index (χ4n) is 3.40. The molecule has 0 unspecified atom stereocenters. The molecule has 4 heteroatoms. The van der Waals surface area contributed by atoms with E-state index >= 15 is 0 Å². The van der Waals surface area contributed by atoms with Crippen LogP contribution in [-0.2, 0) is 19.1 Å². The molecule has 0 N–H and O–H groups in total. The van der Waals surface area contributed by atoms with Crippen LogP contribution in [0.4, 0.5) is 0 Å². The number of carbonyl (C=O) groups is 2. The third-order valence-corrected chi connectivity index (χ3v) is 5.35. The van der Waals surface area contributed by atoms with Gasteiger partial charge in [-0.25, -0.2) is 0 Å². The Morgan fingerprint density at radius 2 is 1.03 bits per heavy atom. The molecule has 0 aromatic carbocycles. The summed E-state index contributed by atoms with van der Waals surface area (Å²) >= 11 is 0. The highest BCUT2D eigenvalue weighted by atomic mass is 16.5. The lowest BCUT2D eigenvalue weighted by Crippen LogP contribution is -2.05. The van der Waals surface area contributed by atoms with E-state index in [4.69, 9.17) is 9.47 Å². The highest BCUT2D eigenvalue weighted by Crippen LogP contribution is 2.12. The molecule has 0 rings (SSSR count). The Balaban J connectivity index is 3.24. The number of carbonyl (C=O) groups excluding carboxylic acids is 2. The van der Waals surface area contributed by atoms with Gasteiger partial charge >= 0.3 is 11.9 Å². The van der Waals surface area contributed by atoms with E-state index in [0.29, 0.717) is 26.1 Å². The standard InChI is InChI=1S/C26H48O4/c1-3-5-7-8-9-10-11-14-17-20-24-30-26(28)22-19-16-13-12-15-18-21-25(27)29-23-6-4-2/h4,6H,3,5,7-24H2,1-2H3/b6-4+. The quantitative estimate of drug-likeness (QED) is 0.101. The fourth-order valence-corrected chi connectivity index (χ4v) is 3.40. The smallest absolute Gasteiger partial charge is 0.306 e. The molecule has 0 spiro atoms. The molecule has 0 fully saturated rings. The third kappa shape index (κ3) is 23.0. The van der Waals surface area contributed by atoms with E-state index in [1.165, 1.54) is 57.8 Å². The second-order valence-electron chi connectivity index (χ2n) is 8.28. The van der Waals surface area contributed by atoms with Gasteiger partial charge in [0.05, 0.1) is 6.61 Å². The Hall–Kier alpha value is -1.32. The third-order valence-electron chi connectivity index (χ3n) is 5.35. The first kappa shape index (κ1) is 28.7. The van der Waals surface area contributed by atoms with E-state index in [-0.39, 0.29) is 11.9 Å². The van der Waals surface area contributed by atoms with E-state index in [2.05, 4.69) is 6.92 Å². The largest absolute Gasteiger partial charge is 0.466 e. The van der Waals surface area contributed by atoms with Crippen LogP contribution < -0.4 is 0 Å². The van der Waals surface area contributed by atoms with Crippen LogP contribution in [-0.4, -0.2) is 25.2 Å². The van der Waals surface area contributed by atoms with Crippen molar-refractivity contribution in [3.8, 4) is 0 Å². The Kier molecular flexibility index (Phi) is 22.9. The molecule has 30 heavy (non-hydrogen) atoms. The Morgan fingerprint density at radius 1 is 0.600 bits per heavy atom. The molecule has 0 aromatic rings. The van der Waals surface area contributed by atoms with Gasteiger partial charge in [-0.15, -0.1) is 0 Å². The van der Waals surface area contributed by atoms with Gasteiger partial charge in [0.15, 0.2) is 0 Å². The maximum atomic E-state index is 11.7. The topological polar surface area (TPSA) is 52.6 Å². The Labute approximate surface area is 186 Å². The predicted octanol–water partition coefficient (Wildman–Crippen LogP) is 7.69. The van der Waals surface area contributed by atoms with Gasteiger partial charge in [0.25, 0.3) is 0 Å². The van der Waals surface area contributed by atoms with Crippen molar-refractivity contribution in [2.24, 2.45) is 0 Å².